The summed E-state index contributed by atoms with van der Waals surface area (Å²) in [6, 6.07) is 9.23. The Morgan fingerprint density at radius 3 is 2.60 bits per heavy atom. The molecule has 1 aliphatic heterocycles. The number of anilines is 1. The van der Waals surface area contributed by atoms with Crippen molar-refractivity contribution in [3.8, 4) is 0 Å². The van der Waals surface area contributed by atoms with Gasteiger partial charge >= 0.3 is 0 Å². The Morgan fingerprint density at radius 1 is 1.28 bits per heavy atom. The number of hydrogen-bond acceptors (Lipinski definition) is 3. The predicted octanol–water partition coefficient (Wildman–Crippen LogP) is 2.71. The Kier molecular flexibility index (Phi) is 4.53. The summed E-state index contributed by atoms with van der Waals surface area (Å²) in [5.41, 5.74) is 1.63. The summed E-state index contributed by atoms with van der Waals surface area (Å²) >= 11 is 0. The first-order valence-electron chi connectivity index (χ1n) is 8.10. The van der Waals surface area contributed by atoms with E-state index in [1.807, 2.05) is 19.1 Å². The van der Waals surface area contributed by atoms with Gasteiger partial charge in [-0.15, -0.1) is 0 Å². The summed E-state index contributed by atoms with van der Waals surface area (Å²) in [7, 11) is 3.35. The summed E-state index contributed by atoms with van der Waals surface area (Å²) in [6.45, 7) is 1.88. The molecule has 6 heteroatoms. The molecule has 2 aromatic rings. The molecule has 3 rings (SSSR count). The van der Waals surface area contributed by atoms with Crippen molar-refractivity contribution in [1.82, 2.24) is 9.88 Å². The smallest absolute Gasteiger partial charge is 0.233 e. The maximum atomic E-state index is 13.2. The van der Waals surface area contributed by atoms with Gasteiger partial charge < -0.3 is 4.90 Å². The third-order valence-corrected chi connectivity index (χ3v) is 4.75. The molecule has 0 unspecified atom stereocenters. The van der Waals surface area contributed by atoms with Crippen LogP contribution in [0, 0.1) is 18.7 Å². The number of likely N-dealkylation sites (tertiary alicyclic amines) is 1. The fourth-order valence-corrected chi connectivity index (χ4v) is 3.39. The number of carbonyl (C=O) groups excluding carboxylic acids is 2. The van der Waals surface area contributed by atoms with Crippen molar-refractivity contribution >= 4 is 17.6 Å². The molecule has 0 N–H and O–H groups in total. The van der Waals surface area contributed by atoms with E-state index in [0.717, 1.165) is 11.1 Å². The van der Waals surface area contributed by atoms with Crippen molar-refractivity contribution < 1.29 is 14.0 Å². The second-order valence-electron chi connectivity index (χ2n) is 6.35. The Bertz CT molecular complexity index is 807. The van der Waals surface area contributed by atoms with Gasteiger partial charge in [0, 0.05) is 26.7 Å². The van der Waals surface area contributed by atoms with E-state index in [4.69, 9.17) is 0 Å². The van der Waals surface area contributed by atoms with Gasteiger partial charge in [0.2, 0.25) is 11.8 Å². The molecule has 2 heterocycles. The summed E-state index contributed by atoms with van der Waals surface area (Å²) in [4.78, 5) is 32.6. The maximum absolute atomic E-state index is 13.2. The minimum atomic E-state index is -0.533. The van der Waals surface area contributed by atoms with Crippen molar-refractivity contribution in [1.29, 1.82) is 0 Å². The number of aromatic nitrogens is 1. The molecule has 0 radical (unpaired) electrons. The number of halogens is 1. The molecule has 0 spiro atoms. The molecule has 1 aromatic heterocycles. The Balaban J connectivity index is 1.93. The average Bonchev–Trinajstić information content (AvgIpc) is 2.90. The highest BCUT2D eigenvalue weighted by Crippen LogP contribution is 2.38. The van der Waals surface area contributed by atoms with Crippen LogP contribution in [0.2, 0.25) is 0 Å². The Hall–Kier alpha value is -2.76. The van der Waals surface area contributed by atoms with Crippen molar-refractivity contribution in [3.63, 3.8) is 0 Å². The maximum Gasteiger partial charge on any atom is 0.233 e. The summed E-state index contributed by atoms with van der Waals surface area (Å²) in [5.74, 6) is -0.575. The number of carbonyl (C=O) groups is 2. The first-order valence-corrected chi connectivity index (χ1v) is 8.10. The van der Waals surface area contributed by atoms with Gasteiger partial charge in [0.1, 0.15) is 11.6 Å². The van der Waals surface area contributed by atoms with Gasteiger partial charge in [-0.1, -0.05) is 18.2 Å². The van der Waals surface area contributed by atoms with Gasteiger partial charge in [0.15, 0.2) is 0 Å². The lowest BCUT2D eigenvalue weighted by Gasteiger charge is -2.28. The van der Waals surface area contributed by atoms with Crippen molar-refractivity contribution in [3.05, 3.63) is 59.5 Å². The number of rotatable bonds is 3. The van der Waals surface area contributed by atoms with Crippen LogP contribution in [0.5, 0.6) is 0 Å². The molecule has 1 saturated heterocycles. The zero-order chi connectivity index (χ0) is 18.1. The molecule has 1 aromatic carbocycles. The van der Waals surface area contributed by atoms with Crippen molar-refractivity contribution in [2.45, 2.75) is 19.4 Å². The molecule has 2 atom stereocenters. The number of amides is 2. The summed E-state index contributed by atoms with van der Waals surface area (Å²) < 4.78 is 13.2. The molecule has 130 valence electrons. The van der Waals surface area contributed by atoms with E-state index in [9.17, 15) is 14.0 Å². The predicted molar refractivity (Wildman–Crippen MR) is 92.4 cm³/mol. The first-order chi connectivity index (χ1) is 11.9. The van der Waals surface area contributed by atoms with E-state index in [1.165, 1.54) is 17.0 Å². The third kappa shape index (κ3) is 3.12. The molecule has 0 bridgehead atoms. The van der Waals surface area contributed by atoms with Gasteiger partial charge in [-0.3, -0.25) is 14.5 Å². The Labute approximate surface area is 146 Å². The monoisotopic (exact) mass is 341 g/mol. The standard InChI is InChI=1S/C19H20FN3O2/c1-12-5-4-10-21-18(12)23(3)19(25)15-11-16(24)22(2)17(15)13-6-8-14(20)9-7-13/h4-10,15,17H,11H2,1-3H3/t15-,17+/m0/s1. The molecule has 0 saturated carbocycles. The van der Waals surface area contributed by atoms with Crippen molar-refractivity contribution in [2.24, 2.45) is 5.92 Å². The molecule has 1 aliphatic rings. The lowest BCUT2D eigenvalue weighted by molar-refractivity contribution is -0.128. The zero-order valence-electron chi connectivity index (χ0n) is 14.4. The van der Waals surface area contributed by atoms with E-state index < -0.39 is 12.0 Å². The second kappa shape index (κ2) is 6.63. The lowest BCUT2D eigenvalue weighted by atomic mass is 9.92. The van der Waals surface area contributed by atoms with Crippen LogP contribution in [0.15, 0.2) is 42.6 Å². The van der Waals surface area contributed by atoms with Crippen LogP contribution < -0.4 is 4.90 Å². The van der Waals surface area contributed by atoms with Crippen LogP contribution in [0.3, 0.4) is 0 Å². The molecule has 2 amide bonds. The van der Waals surface area contributed by atoms with E-state index >= 15 is 0 Å². The Morgan fingerprint density at radius 2 is 1.96 bits per heavy atom. The van der Waals surface area contributed by atoms with Crippen LogP contribution in [0.1, 0.15) is 23.6 Å². The van der Waals surface area contributed by atoms with Crippen LogP contribution in [0.4, 0.5) is 10.2 Å². The highest BCUT2D eigenvalue weighted by Gasteiger charge is 2.44. The number of pyridine rings is 1. The number of benzene rings is 1. The molecular weight excluding hydrogens is 321 g/mol. The second-order valence-corrected chi connectivity index (χ2v) is 6.35. The number of aryl methyl sites for hydroxylation is 1. The SMILES string of the molecule is Cc1cccnc1N(C)C(=O)[C@H]1CC(=O)N(C)[C@@H]1c1ccc(F)cc1. The fraction of sp³-hybridized carbons (Fsp3) is 0.316. The van der Waals surface area contributed by atoms with Gasteiger partial charge in [0.05, 0.1) is 12.0 Å². The van der Waals surface area contributed by atoms with Gasteiger partial charge in [0.25, 0.3) is 0 Å². The van der Waals surface area contributed by atoms with Gasteiger partial charge in [-0.25, -0.2) is 9.37 Å². The number of hydrogen-bond donors (Lipinski definition) is 0. The summed E-state index contributed by atoms with van der Waals surface area (Å²) in [6.07, 6.45) is 1.77. The quantitative estimate of drug-likeness (QED) is 0.862. The van der Waals surface area contributed by atoms with Gasteiger partial charge in [-0.2, -0.15) is 0 Å². The molecular formula is C19H20FN3O2. The third-order valence-electron chi connectivity index (χ3n) is 4.75. The fourth-order valence-electron chi connectivity index (χ4n) is 3.39. The van der Waals surface area contributed by atoms with E-state index in [0.29, 0.717) is 5.82 Å². The molecule has 1 fully saturated rings. The normalized spacial score (nSPS) is 20.0. The molecule has 0 aliphatic carbocycles. The van der Waals surface area contributed by atoms with Crippen molar-refractivity contribution in [2.75, 3.05) is 19.0 Å². The van der Waals surface area contributed by atoms with Crippen LogP contribution >= 0.6 is 0 Å². The van der Waals surface area contributed by atoms with E-state index in [-0.39, 0.29) is 24.1 Å². The first kappa shape index (κ1) is 17.1. The molecule has 5 nitrogen and oxygen atoms in total. The minimum Gasteiger partial charge on any atom is -0.338 e. The van der Waals surface area contributed by atoms with E-state index in [1.54, 1.807) is 37.3 Å². The highest BCUT2D eigenvalue weighted by molar-refractivity contribution is 5.99. The number of nitrogens with zero attached hydrogens (tertiary/aromatic N) is 3. The molecule has 25 heavy (non-hydrogen) atoms. The largest absolute Gasteiger partial charge is 0.338 e. The van der Waals surface area contributed by atoms with Crippen LogP contribution in [-0.4, -0.2) is 35.8 Å². The van der Waals surface area contributed by atoms with E-state index in [2.05, 4.69) is 4.98 Å². The average molecular weight is 341 g/mol. The van der Waals surface area contributed by atoms with Gasteiger partial charge in [-0.05, 0) is 36.2 Å². The zero-order valence-corrected chi connectivity index (χ0v) is 14.4. The topological polar surface area (TPSA) is 53.5 Å². The van der Waals surface area contributed by atoms with Crippen LogP contribution in [-0.2, 0) is 9.59 Å². The minimum absolute atomic E-state index is 0.0983. The highest BCUT2D eigenvalue weighted by atomic mass is 19.1. The lowest BCUT2D eigenvalue weighted by Crippen LogP contribution is -2.36. The summed E-state index contributed by atoms with van der Waals surface area (Å²) in [5, 5.41) is 0. The van der Waals surface area contributed by atoms with Crippen LogP contribution in [0.25, 0.3) is 0 Å².